The van der Waals surface area contributed by atoms with E-state index in [0.717, 1.165) is 49.4 Å². The Morgan fingerprint density at radius 1 is 1.03 bits per heavy atom. The molecule has 0 atom stereocenters. The molecule has 0 bridgehead atoms. The monoisotopic (exact) mass is 456 g/mol. The minimum Gasteiger partial charge on any atom is -0.355 e. The molecule has 1 aliphatic rings. The number of amides is 1. The number of nitrogens with one attached hydrogen (secondary N) is 1. The van der Waals surface area contributed by atoms with Crippen molar-refractivity contribution >= 4 is 28.2 Å². The zero-order valence-corrected chi connectivity index (χ0v) is 18.9. The summed E-state index contributed by atoms with van der Waals surface area (Å²) in [5, 5.41) is 13.7. The molecule has 0 unspecified atom stereocenters. The number of hydrogen-bond acceptors (Lipinski definition) is 7. The van der Waals surface area contributed by atoms with Crippen LogP contribution in [0.2, 0.25) is 0 Å². The van der Waals surface area contributed by atoms with Gasteiger partial charge >= 0.3 is 0 Å². The third-order valence-electron chi connectivity index (χ3n) is 5.87. The predicted octanol–water partition coefficient (Wildman–Crippen LogP) is 4.71. The maximum atomic E-state index is 12.6. The van der Waals surface area contributed by atoms with Gasteiger partial charge in [0.15, 0.2) is 16.6 Å². The van der Waals surface area contributed by atoms with Crippen molar-refractivity contribution in [3.05, 3.63) is 83.6 Å². The molecule has 4 aromatic rings. The largest absolute Gasteiger partial charge is 0.355 e. The smallest absolute Gasteiger partial charge is 0.277 e. The zero-order chi connectivity index (χ0) is 22.5. The summed E-state index contributed by atoms with van der Waals surface area (Å²) in [6.45, 7) is 1.90. The number of anilines is 2. The van der Waals surface area contributed by atoms with Gasteiger partial charge in [0.1, 0.15) is 0 Å². The Balaban J connectivity index is 1.15. The van der Waals surface area contributed by atoms with Crippen LogP contribution in [0.5, 0.6) is 0 Å². The van der Waals surface area contributed by atoms with Crippen LogP contribution < -0.4 is 10.2 Å². The minimum atomic E-state index is -0.317. The van der Waals surface area contributed by atoms with E-state index in [2.05, 4.69) is 60.7 Å². The van der Waals surface area contributed by atoms with Crippen molar-refractivity contribution in [1.29, 1.82) is 0 Å². The molecule has 5 rings (SSSR count). The number of hydrogen-bond donors (Lipinski definition) is 1. The first kappa shape index (κ1) is 21.2. The number of rotatable bonds is 6. The second-order valence-electron chi connectivity index (χ2n) is 8.13. The highest BCUT2D eigenvalue weighted by Gasteiger charge is 2.21. The summed E-state index contributed by atoms with van der Waals surface area (Å²) in [4.78, 5) is 23.4. The van der Waals surface area contributed by atoms with Gasteiger partial charge in [-0.1, -0.05) is 30.3 Å². The highest BCUT2D eigenvalue weighted by atomic mass is 32.1. The first-order chi connectivity index (χ1) is 16.2. The first-order valence-electron chi connectivity index (χ1n) is 11.0. The van der Waals surface area contributed by atoms with E-state index in [1.807, 2.05) is 23.6 Å². The lowest BCUT2D eigenvalue weighted by Gasteiger charge is -2.32. The highest BCUT2D eigenvalue weighted by Crippen LogP contribution is 2.26. The van der Waals surface area contributed by atoms with Gasteiger partial charge in [0.05, 0.1) is 5.69 Å². The number of thiazole rings is 1. The molecule has 3 aromatic heterocycles. The van der Waals surface area contributed by atoms with Gasteiger partial charge in [-0.25, -0.2) is 4.98 Å². The molecule has 0 spiro atoms. The van der Waals surface area contributed by atoms with E-state index >= 15 is 0 Å². The van der Waals surface area contributed by atoms with Crippen LogP contribution in [0, 0.1) is 5.92 Å². The fourth-order valence-electron chi connectivity index (χ4n) is 4.07. The Kier molecular flexibility index (Phi) is 6.34. The van der Waals surface area contributed by atoms with Crippen LogP contribution in [-0.2, 0) is 6.42 Å². The van der Waals surface area contributed by atoms with Crippen molar-refractivity contribution in [2.24, 2.45) is 5.92 Å². The van der Waals surface area contributed by atoms with Gasteiger partial charge < -0.3 is 4.90 Å². The Morgan fingerprint density at radius 2 is 1.88 bits per heavy atom. The topological polar surface area (TPSA) is 83.9 Å². The Hall–Kier alpha value is -3.65. The van der Waals surface area contributed by atoms with E-state index in [4.69, 9.17) is 0 Å². The van der Waals surface area contributed by atoms with Crippen LogP contribution in [0.25, 0.3) is 11.3 Å². The van der Waals surface area contributed by atoms with E-state index in [1.165, 1.54) is 16.9 Å². The number of carbonyl (C=O) groups excluding carboxylic acids is 1. The van der Waals surface area contributed by atoms with E-state index in [1.54, 1.807) is 18.5 Å². The molecule has 0 radical (unpaired) electrons. The number of nitrogens with zero attached hydrogens (tertiary/aromatic N) is 5. The lowest BCUT2D eigenvalue weighted by Crippen LogP contribution is -2.35. The molecule has 1 fully saturated rings. The van der Waals surface area contributed by atoms with Gasteiger partial charge in [-0.05, 0) is 55.0 Å². The van der Waals surface area contributed by atoms with Crippen LogP contribution in [0.1, 0.15) is 28.9 Å². The van der Waals surface area contributed by atoms with E-state index in [0.29, 0.717) is 11.0 Å². The van der Waals surface area contributed by atoms with Crippen LogP contribution in [0.4, 0.5) is 10.9 Å². The van der Waals surface area contributed by atoms with Crippen LogP contribution in [-0.4, -0.2) is 39.2 Å². The number of piperidine rings is 1. The molecule has 33 heavy (non-hydrogen) atoms. The van der Waals surface area contributed by atoms with Crippen LogP contribution >= 0.6 is 11.3 Å². The molecule has 0 saturated carbocycles. The summed E-state index contributed by atoms with van der Waals surface area (Å²) in [5.41, 5.74) is 3.36. The lowest BCUT2D eigenvalue weighted by molar-refractivity contribution is 0.102. The standard InChI is InChI=1S/C25H24N6OS/c32-24(28-25-27-22(17-33-25)20-7-4-12-26-16-20)21-8-9-23(30-29-21)31-13-10-19(11-14-31)15-18-5-2-1-3-6-18/h1-9,12,16-17,19H,10-11,13-15H2,(H,27,28,32). The van der Waals surface area contributed by atoms with E-state index in [-0.39, 0.29) is 11.6 Å². The number of benzene rings is 1. The molecule has 166 valence electrons. The van der Waals surface area contributed by atoms with Gasteiger partial charge in [-0.2, -0.15) is 0 Å². The lowest BCUT2D eigenvalue weighted by atomic mass is 9.90. The number of carbonyl (C=O) groups is 1. The third-order valence-corrected chi connectivity index (χ3v) is 6.63. The Labute approximate surface area is 196 Å². The molecular weight excluding hydrogens is 432 g/mol. The van der Waals surface area contributed by atoms with Crippen molar-refractivity contribution in [3.8, 4) is 11.3 Å². The fourth-order valence-corrected chi connectivity index (χ4v) is 4.78. The van der Waals surface area contributed by atoms with Gasteiger partial charge in [-0.15, -0.1) is 21.5 Å². The minimum absolute atomic E-state index is 0.274. The summed E-state index contributed by atoms with van der Waals surface area (Å²) in [6, 6.07) is 18.1. The SMILES string of the molecule is O=C(Nc1nc(-c2cccnc2)cs1)c1ccc(N2CCC(Cc3ccccc3)CC2)nn1. The highest BCUT2D eigenvalue weighted by molar-refractivity contribution is 7.14. The molecule has 1 amide bonds. The van der Waals surface area contributed by atoms with Crippen molar-refractivity contribution < 1.29 is 4.79 Å². The van der Waals surface area contributed by atoms with Crippen molar-refractivity contribution in [3.63, 3.8) is 0 Å². The van der Waals surface area contributed by atoms with Gasteiger partial charge in [0, 0.05) is 36.4 Å². The predicted molar refractivity (Wildman–Crippen MR) is 130 cm³/mol. The van der Waals surface area contributed by atoms with Crippen LogP contribution in [0.3, 0.4) is 0 Å². The second kappa shape index (κ2) is 9.87. The Bertz CT molecular complexity index is 1190. The van der Waals surface area contributed by atoms with Gasteiger partial charge in [0.2, 0.25) is 0 Å². The average Bonchev–Trinajstić information content (AvgIpc) is 3.34. The van der Waals surface area contributed by atoms with Crippen molar-refractivity contribution in [1.82, 2.24) is 20.2 Å². The van der Waals surface area contributed by atoms with Gasteiger partial charge in [0.25, 0.3) is 5.91 Å². The fraction of sp³-hybridized carbons (Fsp3) is 0.240. The molecule has 1 N–H and O–H groups in total. The average molecular weight is 457 g/mol. The van der Waals surface area contributed by atoms with Gasteiger partial charge in [-0.3, -0.25) is 15.1 Å². The molecule has 1 aromatic carbocycles. The quantitative estimate of drug-likeness (QED) is 0.453. The van der Waals surface area contributed by atoms with Crippen LogP contribution in [0.15, 0.2) is 72.4 Å². The third kappa shape index (κ3) is 5.23. The molecule has 7 nitrogen and oxygen atoms in total. The van der Waals surface area contributed by atoms with Crippen molar-refractivity contribution in [2.75, 3.05) is 23.3 Å². The maximum absolute atomic E-state index is 12.6. The summed E-state index contributed by atoms with van der Waals surface area (Å²) in [7, 11) is 0. The number of aromatic nitrogens is 4. The molecular formula is C25H24N6OS. The normalized spacial score (nSPS) is 14.2. The van der Waals surface area contributed by atoms with Crippen molar-refractivity contribution in [2.45, 2.75) is 19.3 Å². The van der Waals surface area contributed by atoms with E-state index < -0.39 is 0 Å². The molecule has 8 heteroatoms. The summed E-state index contributed by atoms with van der Waals surface area (Å²) in [6.07, 6.45) is 6.84. The molecule has 1 saturated heterocycles. The molecule has 1 aliphatic heterocycles. The summed E-state index contributed by atoms with van der Waals surface area (Å²) in [5.74, 6) is 1.19. The Morgan fingerprint density at radius 3 is 2.61 bits per heavy atom. The molecule has 0 aliphatic carbocycles. The zero-order valence-electron chi connectivity index (χ0n) is 18.1. The first-order valence-corrected chi connectivity index (χ1v) is 11.9. The second-order valence-corrected chi connectivity index (χ2v) is 8.99. The van der Waals surface area contributed by atoms with E-state index in [9.17, 15) is 4.79 Å². The summed E-state index contributed by atoms with van der Waals surface area (Å²) < 4.78 is 0. The molecule has 4 heterocycles. The summed E-state index contributed by atoms with van der Waals surface area (Å²) >= 11 is 1.37. The number of pyridine rings is 1. The maximum Gasteiger partial charge on any atom is 0.277 e.